The van der Waals surface area contributed by atoms with Crippen LogP contribution in [0.5, 0.6) is 0 Å². The van der Waals surface area contributed by atoms with Gasteiger partial charge >= 0.3 is 6.18 Å². The van der Waals surface area contributed by atoms with Gasteiger partial charge in [0.2, 0.25) is 0 Å². The molecule has 2 aromatic rings. The zero-order valence-electron chi connectivity index (χ0n) is 17.1. The Morgan fingerprint density at radius 2 is 2.00 bits per heavy atom. The maximum atomic E-state index is 12.7. The number of aliphatic hydroxyl groups excluding tert-OH is 1. The van der Waals surface area contributed by atoms with Gasteiger partial charge in [0.15, 0.2) is 0 Å². The fourth-order valence-corrected chi connectivity index (χ4v) is 4.92. The third kappa shape index (κ3) is 6.30. The van der Waals surface area contributed by atoms with Crippen LogP contribution in [0.15, 0.2) is 30.3 Å². The first-order valence-corrected chi connectivity index (χ1v) is 11.4. The number of halogens is 3. The van der Waals surface area contributed by atoms with Gasteiger partial charge in [-0.15, -0.1) is 11.3 Å². The van der Waals surface area contributed by atoms with Crippen molar-refractivity contribution in [2.24, 2.45) is 11.7 Å². The molecule has 3 nitrogen and oxygen atoms in total. The van der Waals surface area contributed by atoms with Crippen LogP contribution in [-0.4, -0.2) is 24.9 Å². The quantitative estimate of drug-likeness (QED) is 0.493. The van der Waals surface area contributed by atoms with Gasteiger partial charge < -0.3 is 15.6 Å². The third-order valence-electron chi connectivity index (χ3n) is 5.82. The number of thiophene rings is 1. The molecule has 0 saturated carbocycles. The Labute approximate surface area is 180 Å². The number of alkyl halides is 3. The molecular weight excluding hydrogens is 411 g/mol. The molecule has 3 rings (SSSR count). The van der Waals surface area contributed by atoms with Crippen LogP contribution in [0.4, 0.5) is 13.2 Å². The molecule has 1 aromatic heterocycles. The second-order valence-corrected chi connectivity index (χ2v) is 9.24. The van der Waals surface area contributed by atoms with E-state index in [1.807, 2.05) is 0 Å². The Bertz CT molecular complexity index is 806. The Balaban J connectivity index is 1.50. The van der Waals surface area contributed by atoms with Crippen molar-refractivity contribution in [2.75, 3.05) is 19.8 Å². The van der Waals surface area contributed by atoms with Crippen molar-refractivity contribution < 1.29 is 23.0 Å². The smallest absolute Gasteiger partial charge is 0.396 e. The minimum absolute atomic E-state index is 0.223. The van der Waals surface area contributed by atoms with Crippen LogP contribution in [0, 0.1) is 5.92 Å². The Hall–Kier alpha value is -1.41. The highest BCUT2D eigenvalue weighted by Crippen LogP contribution is 2.35. The van der Waals surface area contributed by atoms with Gasteiger partial charge in [-0.1, -0.05) is 24.6 Å². The molecule has 7 heteroatoms. The molecule has 1 aromatic carbocycles. The highest BCUT2D eigenvalue weighted by atomic mass is 32.1. The van der Waals surface area contributed by atoms with Gasteiger partial charge in [0.05, 0.1) is 13.2 Å². The van der Waals surface area contributed by atoms with Gasteiger partial charge in [0, 0.05) is 11.5 Å². The summed E-state index contributed by atoms with van der Waals surface area (Å²) in [4.78, 5) is 0.0350. The van der Waals surface area contributed by atoms with Crippen LogP contribution >= 0.6 is 11.3 Å². The van der Waals surface area contributed by atoms with E-state index in [1.54, 1.807) is 0 Å². The number of fused-ring (bicyclic) bond motifs is 1. The molecule has 0 unspecified atom stereocenters. The average molecular weight is 442 g/mol. The second kappa shape index (κ2) is 10.8. The summed E-state index contributed by atoms with van der Waals surface area (Å²) in [5, 5.41) is 8.98. The molecular formula is C23H30F3NO2S. The van der Waals surface area contributed by atoms with Crippen molar-refractivity contribution in [3.63, 3.8) is 0 Å². The van der Waals surface area contributed by atoms with Crippen molar-refractivity contribution in [3.8, 4) is 0 Å². The third-order valence-corrected chi connectivity index (χ3v) is 6.92. The standard InChI is InChI=1S/C23H30F3NO2S/c24-23(25,26)22-9-8-21(30-22)15-29-14-16-4-5-18-12-19(7-6-17(18)11-16)20(13-27)3-1-2-10-28/h6-9,12,16,20,28H,1-5,10-11,13-15,27H2/t16-,20+/m1/s1. The van der Waals surface area contributed by atoms with Gasteiger partial charge in [-0.3, -0.25) is 0 Å². The highest BCUT2D eigenvalue weighted by molar-refractivity contribution is 7.12. The fraction of sp³-hybridized carbons (Fsp3) is 0.565. The number of aryl methyl sites for hydroxylation is 1. The summed E-state index contributed by atoms with van der Waals surface area (Å²) in [6.07, 6.45) is 1.44. The number of hydrogen-bond acceptors (Lipinski definition) is 4. The van der Waals surface area contributed by atoms with Gasteiger partial charge in [-0.2, -0.15) is 13.2 Å². The largest absolute Gasteiger partial charge is 0.425 e. The van der Waals surface area contributed by atoms with E-state index in [0.29, 0.717) is 29.9 Å². The van der Waals surface area contributed by atoms with Crippen LogP contribution in [0.2, 0.25) is 0 Å². The zero-order valence-corrected chi connectivity index (χ0v) is 17.9. The van der Waals surface area contributed by atoms with E-state index in [4.69, 9.17) is 15.6 Å². The van der Waals surface area contributed by atoms with Crippen LogP contribution in [0.1, 0.15) is 58.0 Å². The van der Waals surface area contributed by atoms with Crippen LogP contribution < -0.4 is 5.73 Å². The minimum Gasteiger partial charge on any atom is -0.396 e. The predicted molar refractivity (Wildman–Crippen MR) is 114 cm³/mol. The lowest BCUT2D eigenvalue weighted by molar-refractivity contribution is -0.134. The highest BCUT2D eigenvalue weighted by Gasteiger charge is 2.32. The number of ether oxygens (including phenoxy) is 1. The maximum Gasteiger partial charge on any atom is 0.425 e. The normalized spacial score (nSPS) is 17.7. The first kappa shape index (κ1) is 23.3. The number of aliphatic hydroxyl groups is 1. The first-order chi connectivity index (χ1) is 14.4. The van der Waals surface area contributed by atoms with Crippen LogP contribution in [-0.2, 0) is 30.4 Å². The monoisotopic (exact) mass is 441 g/mol. The number of rotatable bonds is 10. The number of nitrogens with two attached hydrogens (primary N) is 1. The molecule has 0 bridgehead atoms. The lowest BCUT2D eigenvalue weighted by Crippen LogP contribution is -2.20. The summed E-state index contributed by atoms with van der Waals surface area (Å²) in [7, 11) is 0. The van der Waals surface area contributed by atoms with Crippen LogP contribution in [0.3, 0.4) is 0 Å². The summed E-state index contributed by atoms with van der Waals surface area (Å²) in [5.41, 5.74) is 9.96. The predicted octanol–water partition coefficient (Wildman–Crippen LogP) is 5.29. The van der Waals surface area contributed by atoms with E-state index < -0.39 is 11.1 Å². The molecule has 1 aliphatic rings. The summed E-state index contributed by atoms with van der Waals surface area (Å²) < 4.78 is 43.8. The van der Waals surface area contributed by atoms with E-state index in [0.717, 1.165) is 55.9 Å². The Morgan fingerprint density at radius 3 is 2.70 bits per heavy atom. The fourth-order valence-electron chi connectivity index (χ4n) is 4.10. The molecule has 0 aliphatic heterocycles. The van der Waals surface area contributed by atoms with Crippen molar-refractivity contribution in [3.05, 3.63) is 56.8 Å². The average Bonchev–Trinajstić information content (AvgIpc) is 3.20. The molecule has 0 saturated heterocycles. The van der Waals surface area contributed by atoms with Gasteiger partial charge in [-0.05, 0) is 79.3 Å². The van der Waals surface area contributed by atoms with Crippen molar-refractivity contribution in [2.45, 2.75) is 57.2 Å². The molecule has 0 fully saturated rings. The first-order valence-electron chi connectivity index (χ1n) is 10.6. The lowest BCUT2D eigenvalue weighted by atomic mass is 9.81. The molecule has 2 atom stereocenters. The van der Waals surface area contributed by atoms with Crippen molar-refractivity contribution in [1.82, 2.24) is 0 Å². The zero-order chi connectivity index (χ0) is 21.6. The molecule has 0 radical (unpaired) electrons. The van der Waals surface area contributed by atoms with E-state index in [2.05, 4.69) is 18.2 Å². The van der Waals surface area contributed by atoms with Crippen molar-refractivity contribution >= 4 is 11.3 Å². The SMILES string of the molecule is NC[C@H](CCCCO)c1ccc2c(c1)CC[C@@H](COCc1ccc(C(F)(F)F)s1)C2. The molecule has 1 aliphatic carbocycles. The lowest BCUT2D eigenvalue weighted by Gasteiger charge is -2.26. The topological polar surface area (TPSA) is 55.5 Å². The minimum atomic E-state index is -4.28. The van der Waals surface area contributed by atoms with Gasteiger partial charge in [-0.25, -0.2) is 0 Å². The van der Waals surface area contributed by atoms with Gasteiger partial charge in [0.1, 0.15) is 4.88 Å². The summed E-state index contributed by atoms with van der Waals surface area (Å²) in [6.45, 7) is 1.63. The van der Waals surface area contributed by atoms with E-state index in [-0.39, 0.29) is 13.2 Å². The number of benzene rings is 1. The molecule has 1 heterocycles. The molecule has 3 N–H and O–H groups in total. The van der Waals surface area contributed by atoms with Crippen LogP contribution in [0.25, 0.3) is 0 Å². The molecule has 0 amide bonds. The number of unbranched alkanes of at least 4 members (excludes halogenated alkanes) is 1. The maximum absolute atomic E-state index is 12.7. The molecule has 166 valence electrons. The second-order valence-electron chi connectivity index (χ2n) is 8.07. The molecule has 0 spiro atoms. The van der Waals surface area contributed by atoms with E-state index in [9.17, 15) is 13.2 Å². The van der Waals surface area contributed by atoms with Gasteiger partial charge in [0.25, 0.3) is 0 Å². The number of hydrogen-bond donors (Lipinski definition) is 2. The molecule has 30 heavy (non-hydrogen) atoms. The summed E-state index contributed by atoms with van der Waals surface area (Å²) >= 11 is 0.754. The van der Waals surface area contributed by atoms with E-state index >= 15 is 0 Å². The Morgan fingerprint density at radius 1 is 1.17 bits per heavy atom. The van der Waals surface area contributed by atoms with E-state index in [1.165, 1.54) is 22.8 Å². The Kier molecular flexibility index (Phi) is 8.34. The summed E-state index contributed by atoms with van der Waals surface area (Å²) in [6, 6.07) is 9.27. The van der Waals surface area contributed by atoms with Crippen molar-refractivity contribution in [1.29, 1.82) is 0 Å². The summed E-state index contributed by atoms with van der Waals surface area (Å²) in [5.74, 6) is 0.718.